The van der Waals surface area contributed by atoms with Crippen molar-refractivity contribution in [2.75, 3.05) is 13.2 Å². The van der Waals surface area contributed by atoms with Gasteiger partial charge in [0.05, 0.1) is 5.76 Å². The molecule has 1 aromatic carbocycles. The lowest BCUT2D eigenvalue weighted by atomic mass is 9.66. The molecule has 0 heterocycles. The summed E-state index contributed by atoms with van der Waals surface area (Å²) in [6.45, 7) is 37.6. The van der Waals surface area contributed by atoms with Gasteiger partial charge in [0.15, 0.2) is 0 Å². The number of rotatable bonds is 16. The van der Waals surface area contributed by atoms with Gasteiger partial charge in [0.2, 0.25) is 0 Å². The number of ether oxygens (including phenoxy) is 2. The SMILES string of the molecule is C=C(C)C(=O)OCCOC(=C)C(C)(CCC(c1ccc(CCl)cc1)C(C)(C)C)CC(C)C(C)(C)C.C=C/C=C\C(C=C)=C/C. The molecule has 0 saturated carbocycles. The zero-order valence-corrected chi connectivity index (χ0v) is 30.3. The standard InChI is InChI=1S/C31H49ClO3.C9H12/c1-22(2)28(33)35-19-18-34-24(4)31(11,20-23(3)29(5,6)7)17-16-27(30(8,9)10)26-14-12-25(21-32)13-15-26;1-4-7-8-9(5-2)6-3/h12-15,23,27H,1,4,16-21H2,2-3,5-11H3;4-8H,1-2H2,3H3/b;8-7-,9-6-. The monoisotopic (exact) mass is 624 g/mol. The molecule has 0 aliphatic rings. The minimum atomic E-state index is -0.392. The van der Waals surface area contributed by atoms with E-state index in [1.54, 1.807) is 19.1 Å². The van der Waals surface area contributed by atoms with Gasteiger partial charge in [-0.05, 0) is 72.5 Å². The first-order valence-corrected chi connectivity index (χ1v) is 16.3. The van der Waals surface area contributed by atoms with Crippen molar-refractivity contribution in [3.8, 4) is 0 Å². The topological polar surface area (TPSA) is 35.5 Å². The van der Waals surface area contributed by atoms with E-state index < -0.39 is 5.97 Å². The van der Waals surface area contributed by atoms with E-state index in [0.29, 0.717) is 29.9 Å². The van der Waals surface area contributed by atoms with Crippen LogP contribution in [-0.2, 0) is 20.1 Å². The summed E-state index contributed by atoms with van der Waals surface area (Å²) in [6.07, 6.45) is 12.3. The molecule has 3 atom stereocenters. The smallest absolute Gasteiger partial charge is 0.333 e. The molecular formula is C40H61ClO3. The van der Waals surface area contributed by atoms with E-state index in [9.17, 15) is 4.79 Å². The van der Waals surface area contributed by atoms with Crippen molar-refractivity contribution in [2.24, 2.45) is 22.2 Å². The van der Waals surface area contributed by atoms with Crippen LogP contribution in [0.3, 0.4) is 0 Å². The quantitative estimate of drug-likeness (QED) is 0.0458. The molecule has 0 N–H and O–H groups in total. The number of hydrogen-bond acceptors (Lipinski definition) is 3. The Morgan fingerprint density at radius 2 is 1.52 bits per heavy atom. The fourth-order valence-corrected chi connectivity index (χ4v) is 4.98. The molecule has 3 unspecified atom stereocenters. The van der Waals surface area contributed by atoms with E-state index in [1.165, 1.54) is 5.56 Å². The van der Waals surface area contributed by atoms with Crippen LogP contribution >= 0.6 is 11.6 Å². The third-order valence-electron chi connectivity index (χ3n) is 8.41. The second-order valence-electron chi connectivity index (χ2n) is 14.1. The fraction of sp³-hybridized carbons (Fsp3) is 0.525. The van der Waals surface area contributed by atoms with Crippen LogP contribution in [0.25, 0.3) is 0 Å². The van der Waals surface area contributed by atoms with E-state index in [1.807, 2.05) is 25.2 Å². The van der Waals surface area contributed by atoms with Crippen LogP contribution in [0.5, 0.6) is 0 Å². The summed E-state index contributed by atoms with van der Waals surface area (Å²) in [5.74, 6) is 1.77. The van der Waals surface area contributed by atoms with Gasteiger partial charge in [-0.15, -0.1) is 11.6 Å². The number of carbonyl (C=O) groups excluding carboxylic acids is 1. The lowest BCUT2D eigenvalue weighted by Crippen LogP contribution is -2.31. The van der Waals surface area contributed by atoms with Gasteiger partial charge in [-0.2, -0.15) is 0 Å². The van der Waals surface area contributed by atoms with Crippen LogP contribution in [0.1, 0.15) is 106 Å². The van der Waals surface area contributed by atoms with Crippen molar-refractivity contribution in [3.05, 3.63) is 109 Å². The van der Waals surface area contributed by atoms with Gasteiger partial charge in [-0.3, -0.25) is 0 Å². The highest BCUT2D eigenvalue weighted by Gasteiger charge is 2.37. The van der Waals surface area contributed by atoms with Crippen LogP contribution in [-0.4, -0.2) is 19.2 Å². The van der Waals surface area contributed by atoms with Gasteiger partial charge in [0.25, 0.3) is 0 Å². The van der Waals surface area contributed by atoms with Gasteiger partial charge >= 0.3 is 5.97 Å². The van der Waals surface area contributed by atoms with Gasteiger partial charge in [0.1, 0.15) is 13.2 Å². The third-order valence-corrected chi connectivity index (χ3v) is 8.72. The van der Waals surface area contributed by atoms with E-state index in [2.05, 4.69) is 106 Å². The molecule has 1 aromatic rings. The molecule has 0 fully saturated rings. The minimum absolute atomic E-state index is 0.109. The summed E-state index contributed by atoms with van der Waals surface area (Å²) in [5, 5.41) is 0. The minimum Gasteiger partial charge on any atom is -0.494 e. The van der Waals surface area contributed by atoms with Gasteiger partial charge in [0, 0.05) is 16.9 Å². The summed E-state index contributed by atoms with van der Waals surface area (Å²) < 4.78 is 11.3. The average Bonchev–Trinajstić information content (AvgIpc) is 2.95. The highest BCUT2D eigenvalue weighted by atomic mass is 35.5. The first-order chi connectivity index (χ1) is 20.4. The molecule has 0 saturated heterocycles. The van der Waals surface area contributed by atoms with E-state index >= 15 is 0 Å². The normalized spacial score (nSPS) is 14.8. The number of benzene rings is 1. The Morgan fingerprint density at radius 3 is 1.95 bits per heavy atom. The van der Waals surface area contributed by atoms with Crippen molar-refractivity contribution >= 4 is 17.6 Å². The largest absolute Gasteiger partial charge is 0.494 e. The number of carbonyl (C=O) groups is 1. The lowest BCUT2D eigenvalue weighted by molar-refractivity contribution is -0.140. The predicted molar refractivity (Wildman–Crippen MR) is 193 cm³/mol. The molecule has 246 valence electrons. The molecule has 0 aliphatic carbocycles. The second-order valence-corrected chi connectivity index (χ2v) is 14.4. The molecule has 4 heteroatoms. The van der Waals surface area contributed by atoms with Crippen LogP contribution in [0.4, 0.5) is 0 Å². The average molecular weight is 625 g/mol. The molecule has 44 heavy (non-hydrogen) atoms. The Hall–Kier alpha value is -2.78. The number of allylic oxidation sites excluding steroid dienone is 7. The fourth-order valence-electron chi connectivity index (χ4n) is 4.80. The Labute approximate surface area is 275 Å². The third kappa shape index (κ3) is 15.3. The van der Waals surface area contributed by atoms with Gasteiger partial charge < -0.3 is 9.47 Å². The molecule has 0 aliphatic heterocycles. The molecule has 0 spiro atoms. The maximum absolute atomic E-state index is 11.7. The zero-order valence-electron chi connectivity index (χ0n) is 29.5. The first-order valence-electron chi connectivity index (χ1n) is 15.7. The van der Waals surface area contributed by atoms with Crippen molar-refractivity contribution in [1.82, 2.24) is 0 Å². The van der Waals surface area contributed by atoms with Crippen molar-refractivity contribution in [2.45, 2.75) is 100 Å². The Balaban J connectivity index is 0.00000177. The van der Waals surface area contributed by atoms with Crippen molar-refractivity contribution in [3.63, 3.8) is 0 Å². The van der Waals surface area contributed by atoms with E-state index in [-0.39, 0.29) is 22.9 Å². The van der Waals surface area contributed by atoms with Crippen LogP contribution < -0.4 is 0 Å². The molecular weight excluding hydrogens is 564 g/mol. The summed E-state index contributed by atoms with van der Waals surface area (Å²) >= 11 is 6.02. The number of esters is 1. The summed E-state index contributed by atoms with van der Waals surface area (Å²) in [4.78, 5) is 11.7. The molecule has 3 nitrogen and oxygen atoms in total. The maximum Gasteiger partial charge on any atom is 0.333 e. The zero-order chi connectivity index (χ0) is 34.1. The summed E-state index contributed by atoms with van der Waals surface area (Å²) in [5.41, 5.74) is 4.08. The number of alkyl halides is 1. The number of hydrogen-bond donors (Lipinski definition) is 0. The van der Waals surface area contributed by atoms with E-state index in [4.69, 9.17) is 21.1 Å². The Bertz CT molecular complexity index is 1120. The molecule has 0 aromatic heterocycles. The molecule has 0 bridgehead atoms. The molecule has 1 rings (SSSR count). The molecule has 0 radical (unpaired) electrons. The highest BCUT2D eigenvalue weighted by Crippen LogP contribution is 2.47. The predicted octanol–water partition coefficient (Wildman–Crippen LogP) is 11.9. The van der Waals surface area contributed by atoms with E-state index in [0.717, 1.165) is 36.2 Å². The molecule has 0 amide bonds. The van der Waals surface area contributed by atoms with Crippen molar-refractivity contribution in [1.29, 1.82) is 0 Å². The van der Waals surface area contributed by atoms with Gasteiger partial charge in [-0.25, -0.2) is 4.79 Å². The highest BCUT2D eigenvalue weighted by molar-refractivity contribution is 6.17. The first kappa shape index (κ1) is 41.2. The summed E-state index contributed by atoms with van der Waals surface area (Å²) in [7, 11) is 0. The van der Waals surface area contributed by atoms with Crippen LogP contribution in [0.15, 0.2) is 97.9 Å². The van der Waals surface area contributed by atoms with Crippen LogP contribution in [0, 0.1) is 22.2 Å². The lowest BCUT2D eigenvalue weighted by Gasteiger charge is -2.40. The van der Waals surface area contributed by atoms with Crippen LogP contribution in [0.2, 0.25) is 0 Å². The Morgan fingerprint density at radius 1 is 0.955 bits per heavy atom. The summed E-state index contributed by atoms with van der Waals surface area (Å²) in [6, 6.07) is 8.72. The maximum atomic E-state index is 11.7. The van der Waals surface area contributed by atoms with Crippen molar-refractivity contribution < 1.29 is 14.3 Å². The number of halogens is 1. The Kier molecular flexibility index (Phi) is 18.3. The second kappa shape index (κ2) is 19.6. The van der Waals surface area contributed by atoms with Gasteiger partial charge in [-0.1, -0.05) is 136 Å².